The van der Waals surface area contributed by atoms with Gasteiger partial charge in [0.1, 0.15) is 5.75 Å². The molecule has 1 atom stereocenters. The molecule has 1 aromatic carbocycles. The fourth-order valence-electron chi connectivity index (χ4n) is 6.92. The van der Waals surface area contributed by atoms with Gasteiger partial charge in [0.15, 0.2) is 6.10 Å². The number of ketones is 1. The number of hydrogen-bond donors (Lipinski definition) is 2. The molecule has 6 rings (SSSR count). The quantitative estimate of drug-likeness (QED) is 0.652. The molecule has 1 saturated heterocycles. The highest BCUT2D eigenvalue weighted by molar-refractivity contribution is 7.14. The van der Waals surface area contributed by atoms with E-state index >= 15 is 0 Å². The van der Waals surface area contributed by atoms with Crippen molar-refractivity contribution in [2.24, 2.45) is 11.1 Å². The van der Waals surface area contributed by atoms with Crippen LogP contribution in [0.4, 0.5) is 0 Å². The second-order valence-corrected chi connectivity index (χ2v) is 11.7. The minimum Gasteiger partial charge on any atom is -0.481 e. The molecule has 4 aliphatic rings. The molecule has 32 heavy (non-hydrogen) atoms. The van der Waals surface area contributed by atoms with Crippen LogP contribution in [-0.2, 0) is 24.8 Å². The lowest BCUT2D eigenvalue weighted by atomic mass is 9.66. The van der Waals surface area contributed by atoms with E-state index in [9.17, 15) is 4.79 Å². The number of carbonyl (C=O) groups is 1. The van der Waals surface area contributed by atoms with Crippen molar-refractivity contribution in [2.75, 3.05) is 13.1 Å². The van der Waals surface area contributed by atoms with Gasteiger partial charge in [0.05, 0.1) is 4.88 Å². The van der Waals surface area contributed by atoms with Crippen LogP contribution in [0.5, 0.6) is 5.75 Å². The van der Waals surface area contributed by atoms with Crippen LogP contribution >= 0.6 is 11.3 Å². The van der Waals surface area contributed by atoms with E-state index in [0.717, 1.165) is 48.5 Å². The van der Waals surface area contributed by atoms with Gasteiger partial charge in [-0.05, 0) is 86.7 Å². The van der Waals surface area contributed by atoms with E-state index in [0.29, 0.717) is 12.0 Å². The topological polar surface area (TPSA) is 64.3 Å². The maximum absolute atomic E-state index is 14.0. The second-order valence-electron chi connectivity index (χ2n) is 10.6. The van der Waals surface area contributed by atoms with Gasteiger partial charge in [0.25, 0.3) is 0 Å². The molecule has 2 aliphatic heterocycles. The molecule has 2 aromatic rings. The number of thiophene rings is 1. The van der Waals surface area contributed by atoms with E-state index in [-0.39, 0.29) is 11.2 Å². The molecular formula is C27H34N2O2S. The number of nitrogens with two attached hydrogens (primary N) is 1. The molecule has 1 saturated carbocycles. The van der Waals surface area contributed by atoms with Crippen molar-refractivity contribution < 1.29 is 9.53 Å². The lowest BCUT2D eigenvalue weighted by Crippen LogP contribution is -2.50. The number of Topliss-reactive ketones (excluding diaryl/α,β-unsaturated/α-hetero) is 1. The minimum atomic E-state index is -0.420. The molecule has 1 aromatic heterocycles. The second kappa shape index (κ2) is 7.96. The van der Waals surface area contributed by atoms with Crippen molar-refractivity contribution in [3.63, 3.8) is 0 Å². The van der Waals surface area contributed by atoms with Crippen LogP contribution in [0.1, 0.15) is 82.6 Å². The molecule has 0 amide bonds. The third-order valence-corrected chi connectivity index (χ3v) is 10.0. The van der Waals surface area contributed by atoms with Gasteiger partial charge >= 0.3 is 0 Å². The average molecular weight is 451 g/mol. The number of nitrogens with one attached hydrogen (secondary N) is 1. The Balaban J connectivity index is 1.32. The highest BCUT2D eigenvalue weighted by Gasteiger charge is 2.53. The number of hydrogen-bond acceptors (Lipinski definition) is 5. The first-order valence-corrected chi connectivity index (χ1v) is 13.3. The van der Waals surface area contributed by atoms with Gasteiger partial charge in [0, 0.05) is 22.4 Å². The number of benzene rings is 1. The number of carbonyl (C=O) groups excluding carboxylic acids is 1. The summed E-state index contributed by atoms with van der Waals surface area (Å²) < 4.78 is 6.45. The Bertz CT molecular complexity index is 1030. The van der Waals surface area contributed by atoms with Crippen molar-refractivity contribution in [1.29, 1.82) is 0 Å². The van der Waals surface area contributed by atoms with Crippen LogP contribution in [-0.4, -0.2) is 25.0 Å². The number of fused-ring (bicyclic) bond motifs is 3. The van der Waals surface area contributed by atoms with E-state index in [1.54, 1.807) is 11.3 Å². The van der Waals surface area contributed by atoms with E-state index in [4.69, 9.17) is 10.5 Å². The van der Waals surface area contributed by atoms with Crippen LogP contribution in [0, 0.1) is 5.41 Å². The van der Waals surface area contributed by atoms with Gasteiger partial charge in [-0.25, -0.2) is 0 Å². The Kier molecular flexibility index (Phi) is 5.20. The highest BCUT2D eigenvalue weighted by Crippen LogP contribution is 2.51. The molecule has 5 heteroatoms. The number of piperidine rings is 1. The zero-order chi connectivity index (χ0) is 21.8. The molecule has 3 N–H and O–H groups in total. The minimum absolute atomic E-state index is 0.189. The van der Waals surface area contributed by atoms with Crippen LogP contribution in [0.15, 0.2) is 24.3 Å². The molecule has 3 heterocycles. The van der Waals surface area contributed by atoms with E-state index < -0.39 is 6.10 Å². The first-order valence-electron chi connectivity index (χ1n) is 12.5. The van der Waals surface area contributed by atoms with Crippen LogP contribution in [0.25, 0.3) is 0 Å². The fraction of sp³-hybridized carbons (Fsp3) is 0.593. The summed E-state index contributed by atoms with van der Waals surface area (Å²) in [5.41, 5.74) is 9.95. The van der Waals surface area contributed by atoms with Gasteiger partial charge in [-0.3, -0.25) is 4.79 Å². The van der Waals surface area contributed by atoms with E-state index in [1.165, 1.54) is 60.9 Å². The van der Waals surface area contributed by atoms with Gasteiger partial charge in [-0.15, -0.1) is 11.3 Å². The molecule has 0 bridgehead atoms. The van der Waals surface area contributed by atoms with Gasteiger partial charge < -0.3 is 15.8 Å². The molecule has 4 nitrogen and oxygen atoms in total. The fourth-order valence-corrected chi connectivity index (χ4v) is 8.27. The van der Waals surface area contributed by atoms with E-state index in [2.05, 4.69) is 17.4 Å². The van der Waals surface area contributed by atoms with Crippen molar-refractivity contribution in [2.45, 2.75) is 82.3 Å². The monoisotopic (exact) mass is 450 g/mol. The van der Waals surface area contributed by atoms with Gasteiger partial charge in [0.2, 0.25) is 5.78 Å². The highest BCUT2D eigenvalue weighted by atomic mass is 32.1. The Morgan fingerprint density at radius 2 is 1.91 bits per heavy atom. The van der Waals surface area contributed by atoms with Gasteiger partial charge in [-0.1, -0.05) is 31.4 Å². The number of rotatable bonds is 3. The molecule has 1 unspecified atom stereocenters. The summed E-state index contributed by atoms with van der Waals surface area (Å²) >= 11 is 1.77. The van der Waals surface area contributed by atoms with Gasteiger partial charge in [-0.2, -0.15) is 0 Å². The predicted molar refractivity (Wildman–Crippen MR) is 129 cm³/mol. The van der Waals surface area contributed by atoms with Crippen molar-refractivity contribution >= 4 is 17.1 Å². The molecule has 2 spiro atoms. The Morgan fingerprint density at radius 1 is 1.09 bits per heavy atom. The van der Waals surface area contributed by atoms with Crippen molar-refractivity contribution in [3.05, 3.63) is 50.7 Å². The van der Waals surface area contributed by atoms with E-state index in [1.807, 2.05) is 12.1 Å². The predicted octanol–water partition coefficient (Wildman–Crippen LogP) is 4.91. The smallest absolute Gasteiger partial charge is 0.214 e. The SMILES string of the molecule is NCc1ccc2c(c1)C1(CCNCC1)C(C(=O)c1cc3c(s1)CC1(CCCCC1)CC3)O2. The zero-order valence-corrected chi connectivity index (χ0v) is 19.7. The molecule has 2 fully saturated rings. The lowest BCUT2D eigenvalue weighted by Gasteiger charge is -2.40. The summed E-state index contributed by atoms with van der Waals surface area (Å²) in [6.45, 7) is 2.35. The number of aryl methyl sites for hydroxylation is 1. The van der Waals surface area contributed by atoms with Crippen molar-refractivity contribution in [3.8, 4) is 5.75 Å². The standard InChI is InChI=1S/C27H34N2O2S/c28-17-18-4-5-21-20(14-18)27(10-12-29-13-11-27)25(31-21)24(30)22-15-19-6-9-26(16-23(19)32-22)7-2-1-3-8-26/h4-5,14-15,25,29H,1-3,6-13,16-17,28H2. The molecule has 0 radical (unpaired) electrons. The zero-order valence-electron chi connectivity index (χ0n) is 18.9. The summed E-state index contributed by atoms with van der Waals surface area (Å²) in [5, 5.41) is 3.48. The van der Waals surface area contributed by atoms with Crippen molar-refractivity contribution in [1.82, 2.24) is 5.32 Å². The maximum atomic E-state index is 14.0. The summed E-state index contributed by atoms with van der Waals surface area (Å²) in [5.74, 6) is 1.07. The summed E-state index contributed by atoms with van der Waals surface area (Å²) in [6, 6.07) is 8.47. The Labute approximate surface area is 194 Å². The summed E-state index contributed by atoms with van der Waals surface area (Å²) in [7, 11) is 0. The Morgan fingerprint density at radius 3 is 2.69 bits per heavy atom. The first-order chi connectivity index (χ1) is 15.6. The largest absolute Gasteiger partial charge is 0.481 e. The summed E-state index contributed by atoms with van der Waals surface area (Å²) in [4.78, 5) is 16.4. The number of ether oxygens (including phenoxy) is 1. The first kappa shape index (κ1) is 20.9. The lowest BCUT2D eigenvalue weighted by molar-refractivity contribution is 0.0652. The average Bonchev–Trinajstić information content (AvgIpc) is 3.38. The van der Waals surface area contributed by atoms with Crippen LogP contribution in [0.3, 0.4) is 0 Å². The Hall–Kier alpha value is -1.69. The third kappa shape index (κ3) is 3.27. The van der Waals surface area contributed by atoms with Crippen LogP contribution in [0.2, 0.25) is 0 Å². The molecule has 2 aliphatic carbocycles. The van der Waals surface area contributed by atoms with Crippen LogP contribution < -0.4 is 15.8 Å². The molecular weight excluding hydrogens is 416 g/mol. The third-order valence-electron chi connectivity index (χ3n) is 8.81. The maximum Gasteiger partial charge on any atom is 0.214 e. The molecule has 170 valence electrons. The summed E-state index contributed by atoms with van der Waals surface area (Å²) in [6.07, 6.45) is 11.9. The normalized spacial score (nSPS) is 25.3.